The smallest absolute Gasteiger partial charge is 0.0589 e. The number of nitrogens with zero attached hydrogens (tertiary/aromatic N) is 1. The molecule has 4 nitrogen and oxygen atoms in total. The second-order valence-corrected chi connectivity index (χ2v) is 7.06. The third kappa shape index (κ3) is 6.23. The van der Waals surface area contributed by atoms with Gasteiger partial charge in [-0.2, -0.15) is 0 Å². The third-order valence-corrected chi connectivity index (χ3v) is 5.09. The Morgan fingerprint density at radius 2 is 1.86 bits per heavy atom. The average Bonchev–Trinajstić information content (AvgIpc) is 3.31. The van der Waals surface area contributed by atoms with Crippen molar-refractivity contribution in [2.24, 2.45) is 5.41 Å². The second kappa shape index (κ2) is 9.09. The van der Waals surface area contributed by atoms with Gasteiger partial charge >= 0.3 is 0 Å². The van der Waals surface area contributed by atoms with Crippen molar-refractivity contribution in [3.05, 3.63) is 0 Å². The topological polar surface area (TPSA) is 44.7 Å². The number of aliphatic hydroxyl groups excluding tert-OH is 1. The summed E-state index contributed by atoms with van der Waals surface area (Å²) in [6, 6.07) is 0.787. The van der Waals surface area contributed by atoms with E-state index < -0.39 is 0 Å². The number of hydrogen-bond donors (Lipinski definition) is 2. The first-order chi connectivity index (χ1) is 10.3. The zero-order valence-corrected chi connectivity index (χ0v) is 13.8. The summed E-state index contributed by atoms with van der Waals surface area (Å²) < 4.78 is 5.23. The maximum atomic E-state index is 9.34. The van der Waals surface area contributed by atoms with Gasteiger partial charge in [0.15, 0.2) is 0 Å². The SMILES string of the molecule is COCCN(CCO)CC1(CNC2CC2)CCCCCC1. The van der Waals surface area contributed by atoms with Crippen LogP contribution < -0.4 is 5.32 Å². The van der Waals surface area contributed by atoms with Crippen LogP contribution in [0.4, 0.5) is 0 Å². The lowest BCUT2D eigenvalue weighted by molar-refractivity contribution is 0.0801. The van der Waals surface area contributed by atoms with Crippen molar-refractivity contribution in [3.8, 4) is 0 Å². The molecule has 0 bridgehead atoms. The Balaban J connectivity index is 1.93. The Hall–Kier alpha value is -0.160. The van der Waals surface area contributed by atoms with E-state index in [0.29, 0.717) is 5.41 Å². The Labute approximate surface area is 130 Å². The quantitative estimate of drug-likeness (QED) is 0.606. The van der Waals surface area contributed by atoms with E-state index in [1.165, 1.54) is 51.4 Å². The molecule has 2 N–H and O–H groups in total. The highest BCUT2D eigenvalue weighted by molar-refractivity contribution is 4.91. The van der Waals surface area contributed by atoms with Gasteiger partial charge in [-0.15, -0.1) is 0 Å². The molecule has 4 heteroatoms. The molecule has 0 unspecified atom stereocenters. The van der Waals surface area contributed by atoms with E-state index in [1.54, 1.807) is 7.11 Å². The molecule has 2 aliphatic carbocycles. The van der Waals surface area contributed by atoms with Crippen molar-refractivity contribution >= 4 is 0 Å². The molecular formula is C17H34N2O2. The van der Waals surface area contributed by atoms with Crippen LogP contribution in [0.1, 0.15) is 51.4 Å². The van der Waals surface area contributed by atoms with Gasteiger partial charge in [0.05, 0.1) is 13.2 Å². The molecule has 21 heavy (non-hydrogen) atoms. The summed E-state index contributed by atoms with van der Waals surface area (Å²) in [6.45, 7) is 4.97. The Morgan fingerprint density at radius 3 is 2.43 bits per heavy atom. The van der Waals surface area contributed by atoms with Crippen LogP contribution in [0.2, 0.25) is 0 Å². The normalized spacial score (nSPS) is 22.4. The van der Waals surface area contributed by atoms with Crippen molar-refractivity contribution in [1.29, 1.82) is 0 Å². The van der Waals surface area contributed by atoms with Crippen molar-refractivity contribution in [1.82, 2.24) is 10.2 Å². The first kappa shape index (κ1) is 17.2. The fraction of sp³-hybridized carbons (Fsp3) is 1.00. The summed E-state index contributed by atoms with van der Waals surface area (Å²) in [5.74, 6) is 0. The van der Waals surface area contributed by atoms with E-state index in [2.05, 4.69) is 10.2 Å². The number of ether oxygens (including phenoxy) is 1. The largest absolute Gasteiger partial charge is 0.395 e. The molecule has 0 amide bonds. The van der Waals surface area contributed by atoms with Crippen molar-refractivity contribution in [2.75, 3.05) is 46.5 Å². The van der Waals surface area contributed by atoms with Gasteiger partial charge in [-0.1, -0.05) is 25.7 Å². The van der Waals surface area contributed by atoms with Crippen molar-refractivity contribution in [3.63, 3.8) is 0 Å². The summed E-state index contributed by atoms with van der Waals surface area (Å²) in [4.78, 5) is 2.41. The first-order valence-corrected chi connectivity index (χ1v) is 8.83. The molecule has 0 radical (unpaired) electrons. The van der Waals surface area contributed by atoms with Crippen molar-refractivity contribution in [2.45, 2.75) is 57.4 Å². The monoisotopic (exact) mass is 298 g/mol. The van der Waals surface area contributed by atoms with Gasteiger partial charge in [-0.3, -0.25) is 4.90 Å². The fourth-order valence-electron chi connectivity index (χ4n) is 3.62. The summed E-state index contributed by atoms with van der Waals surface area (Å²) in [5.41, 5.74) is 0.405. The molecule has 0 spiro atoms. The zero-order chi connectivity index (χ0) is 15.0. The zero-order valence-electron chi connectivity index (χ0n) is 13.8. The molecule has 0 saturated heterocycles. The Morgan fingerprint density at radius 1 is 1.14 bits per heavy atom. The van der Waals surface area contributed by atoms with E-state index in [9.17, 15) is 5.11 Å². The molecule has 0 aliphatic heterocycles. The van der Waals surface area contributed by atoms with Crippen molar-refractivity contribution < 1.29 is 9.84 Å². The highest BCUT2D eigenvalue weighted by Gasteiger charge is 2.34. The van der Waals surface area contributed by atoms with Gasteiger partial charge in [-0.25, -0.2) is 0 Å². The number of rotatable bonds is 10. The summed E-state index contributed by atoms with van der Waals surface area (Å²) in [7, 11) is 1.76. The minimum absolute atomic E-state index is 0.246. The van der Waals surface area contributed by atoms with E-state index in [-0.39, 0.29) is 6.61 Å². The highest BCUT2D eigenvalue weighted by atomic mass is 16.5. The Kier molecular flexibility index (Phi) is 7.44. The Bertz CT molecular complexity index is 274. The predicted octanol–water partition coefficient (Wildman–Crippen LogP) is 2.02. The molecular weight excluding hydrogens is 264 g/mol. The fourth-order valence-corrected chi connectivity index (χ4v) is 3.62. The van der Waals surface area contributed by atoms with Gasteiger partial charge in [0, 0.05) is 39.3 Å². The molecule has 0 aromatic heterocycles. The third-order valence-electron chi connectivity index (χ3n) is 5.09. The van der Waals surface area contributed by atoms with Crippen LogP contribution in [-0.2, 0) is 4.74 Å². The molecule has 2 rings (SSSR count). The van der Waals surface area contributed by atoms with Crippen LogP contribution in [0, 0.1) is 5.41 Å². The standard InChI is InChI=1S/C17H34N2O2/c1-21-13-11-19(10-12-20)15-17(14-18-16-6-7-16)8-4-2-3-5-9-17/h16,18,20H,2-15H2,1H3. The van der Waals surface area contributed by atoms with Crippen LogP contribution in [0.3, 0.4) is 0 Å². The maximum Gasteiger partial charge on any atom is 0.0589 e. The van der Waals surface area contributed by atoms with E-state index >= 15 is 0 Å². The average molecular weight is 298 g/mol. The molecule has 2 saturated carbocycles. The minimum Gasteiger partial charge on any atom is -0.395 e. The number of aliphatic hydroxyl groups is 1. The number of hydrogen-bond acceptors (Lipinski definition) is 4. The second-order valence-electron chi connectivity index (χ2n) is 7.06. The van der Waals surface area contributed by atoms with E-state index in [4.69, 9.17) is 4.74 Å². The first-order valence-electron chi connectivity index (χ1n) is 8.83. The summed E-state index contributed by atoms with van der Waals surface area (Å²) in [6.07, 6.45) is 10.9. The van der Waals surface area contributed by atoms with Gasteiger partial charge < -0.3 is 15.2 Å². The van der Waals surface area contributed by atoms with E-state index in [0.717, 1.165) is 38.8 Å². The van der Waals surface area contributed by atoms with Gasteiger partial charge in [0.1, 0.15) is 0 Å². The maximum absolute atomic E-state index is 9.34. The predicted molar refractivity (Wildman–Crippen MR) is 86.6 cm³/mol. The molecule has 0 aromatic rings. The molecule has 124 valence electrons. The lowest BCUT2D eigenvalue weighted by atomic mass is 9.79. The van der Waals surface area contributed by atoms with Crippen LogP contribution in [0.15, 0.2) is 0 Å². The van der Waals surface area contributed by atoms with Crippen LogP contribution in [0.5, 0.6) is 0 Å². The van der Waals surface area contributed by atoms with Gasteiger partial charge in [0.2, 0.25) is 0 Å². The van der Waals surface area contributed by atoms with Gasteiger partial charge in [0.25, 0.3) is 0 Å². The lowest BCUT2D eigenvalue weighted by Crippen LogP contribution is -2.46. The van der Waals surface area contributed by atoms with Crippen LogP contribution in [0.25, 0.3) is 0 Å². The van der Waals surface area contributed by atoms with Gasteiger partial charge in [-0.05, 0) is 31.1 Å². The van der Waals surface area contributed by atoms with Crippen LogP contribution in [-0.4, -0.2) is 62.6 Å². The van der Waals surface area contributed by atoms with E-state index in [1.807, 2.05) is 0 Å². The summed E-state index contributed by atoms with van der Waals surface area (Å²) >= 11 is 0. The molecule has 0 atom stereocenters. The highest BCUT2D eigenvalue weighted by Crippen LogP contribution is 2.36. The molecule has 0 aromatic carbocycles. The number of methoxy groups -OCH3 is 1. The number of nitrogens with one attached hydrogen (secondary N) is 1. The minimum atomic E-state index is 0.246. The molecule has 2 fully saturated rings. The van der Waals surface area contributed by atoms with Crippen LogP contribution >= 0.6 is 0 Å². The molecule has 0 heterocycles. The molecule has 2 aliphatic rings. The summed E-state index contributed by atoms with van der Waals surface area (Å²) in [5, 5.41) is 13.1. The lowest BCUT2D eigenvalue weighted by Gasteiger charge is -2.38.